The van der Waals surface area contributed by atoms with Gasteiger partial charge >= 0.3 is 0 Å². The van der Waals surface area contributed by atoms with Crippen molar-refractivity contribution in [3.63, 3.8) is 0 Å². The highest BCUT2D eigenvalue weighted by Crippen LogP contribution is 2.07. The van der Waals surface area contributed by atoms with E-state index >= 15 is 0 Å². The molecule has 0 fully saturated rings. The van der Waals surface area contributed by atoms with Gasteiger partial charge in [0, 0.05) is 6.42 Å². The summed E-state index contributed by atoms with van der Waals surface area (Å²) < 4.78 is 5.24. The lowest BCUT2D eigenvalue weighted by molar-refractivity contribution is -0.124. The van der Waals surface area contributed by atoms with Crippen molar-refractivity contribution >= 4 is 29.1 Å². The van der Waals surface area contributed by atoms with Crippen molar-refractivity contribution in [3.8, 4) is 5.75 Å². The maximum atomic E-state index is 11.5. The van der Waals surface area contributed by atoms with Gasteiger partial charge in [-0.15, -0.1) is 0 Å². The van der Waals surface area contributed by atoms with E-state index < -0.39 is 5.91 Å². The van der Waals surface area contributed by atoms with Crippen LogP contribution >= 0.6 is 12.2 Å². The number of nitrogens with one attached hydrogen (secondary N) is 3. The Kier molecular flexibility index (Phi) is 7.05. The van der Waals surface area contributed by atoms with E-state index in [1.807, 2.05) is 25.1 Å². The number of carbonyl (C=O) groups is 2. The minimum absolute atomic E-state index is 0.0523. The highest BCUT2D eigenvalue weighted by atomic mass is 32.1. The fourth-order valence-corrected chi connectivity index (χ4v) is 1.44. The molecule has 0 saturated carbocycles. The minimum atomic E-state index is -0.402. The highest BCUT2D eigenvalue weighted by Gasteiger charge is 2.05. The first kappa shape index (κ1) is 15.9. The second-order valence-corrected chi connectivity index (χ2v) is 4.31. The van der Waals surface area contributed by atoms with Gasteiger partial charge in [0.1, 0.15) is 5.75 Å². The smallest absolute Gasteiger partial charge is 0.276 e. The molecule has 6 nitrogen and oxygen atoms in total. The number of benzene rings is 1. The third-order valence-corrected chi connectivity index (χ3v) is 2.36. The van der Waals surface area contributed by atoms with Crippen molar-refractivity contribution in [3.05, 3.63) is 30.3 Å². The molecule has 0 spiro atoms. The number of hydrogen-bond acceptors (Lipinski definition) is 4. The quantitative estimate of drug-likeness (QED) is 0.555. The highest BCUT2D eigenvalue weighted by molar-refractivity contribution is 7.80. The maximum absolute atomic E-state index is 11.5. The number of hydrogen-bond donors (Lipinski definition) is 3. The molecule has 0 heterocycles. The van der Waals surface area contributed by atoms with E-state index in [1.54, 1.807) is 12.1 Å². The average Bonchev–Trinajstić information content (AvgIpc) is 2.44. The van der Waals surface area contributed by atoms with Crippen molar-refractivity contribution in [2.45, 2.75) is 19.8 Å². The van der Waals surface area contributed by atoms with E-state index in [-0.39, 0.29) is 17.6 Å². The number of hydrazine groups is 1. The van der Waals surface area contributed by atoms with Gasteiger partial charge in [0.2, 0.25) is 5.91 Å². The van der Waals surface area contributed by atoms with Crippen LogP contribution in [0.4, 0.5) is 0 Å². The lowest BCUT2D eigenvalue weighted by atomic mass is 10.3. The van der Waals surface area contributed by atoms with Crippen LogP contribution in [0.15, 0.2) is 30.3 Å². The molecule has 1 aromatic carbocycles. The molecule has 0 bridgehead atoms. The molecule has 3 N–H and O–H groups in total. The predicted octanol–water partition coefficient (Wildman–Crippen LogP) is 0.887. The Labute approximate surface area is 122 Å². The Balaban J connectivity index is 2.19. The molecule has 0 atom stereocenters. The third kappa shape index (κ3) is 6.69. The molecule has 20 heavy (non-hydrogen) atoms. The van der Waals surface area contributed by atoms with Crippen molar-refractivity contribution < 1.29 is 14.3 Å². The molecule has 108 valence electrons. The monoisotopic (exact) mass is 295 g/mol. The van der Waals surface area contributed by atoms with Gasteiger partial charge in [0.15, 0.2) is 11.7 Å². The Morgan fingerprint density at radius 3 is 2.50 bits per heavy atom. The molecule has 0 aliphatic rings. The summed E-state index contributed by atoms with van der Waals surface area (Å²) in [6.45, 7) is 1.74. The van der Waals surface area contributed by atoms with E-state index in [0.29, 0.717) is 12.2 Å². The summed E-state index contributed by atoms with van der Waals surface area (Å²) in [5, 5.41) is 2.49. The summed E-state index contributed by atoms with van der Waals surface area (Å²) in [4.78, 5) is 22.7. The lowest BCUT2D eigenvalue weighted by Crippen LogP contribution is -2.49. The molecule has 0 radical (unpaired) electrons. The van der Waals surface area contributed by atoms with Crippen LogP contribution in [-0.2, 0) is 9.59 Å². The molecule has 0 aromatic heterocycles. The molecule has 0 saturated heterocycles. The van der Waals surface area contributed by atoms with Gasteiger partial charge in [-0.25, -0.2) is 0 Å². The number of carbonyl (C=O) groups excluding carboxylic acids is 2. The first-order chi connectivity index (χ1) is 9.61. The summed E-state index contributed by atoms with van der Waals surface area (Å²) in [6.07, 6.45) is 1.11. The standard InChI is InChI=1S/C13H17N3O3S/c1-2-6-11(17)14-13(20)16-15-12(18)9-19-10-7-4-3-5-8-10/h3-5,7-8H,2,6,9H2,1H3,(H,15,18)(H2,14,16,17,20). The average molecular weight is 295 g/mol. The third-order valence-electron chi connectivity index (χ3n) is 2.16. The molecule has 0 unspecified atom stereocenters. The number of amides is 2. The van der Waals surface area contributed by atoms with Crippen LogP contribution in [0.25, 0.3) is 0 Å². The summed E-state index contributed by atoms with van der Waals surface area (Å²) in [5.41, 5.74) is 4.76. The van der Waals surface area contributed by atoms with E-state index in [2.05, 4.69) is 16.2 Å². The van der Waals surface area contributed by atoms with Crippen LogP contribution in [0.2, 0.25) is 0 Å². The molecule has 1 aromatic rings. The van der Waals surface area contributed by atoms with Gasteiger partial charge in [0.05, 0.1) is 0 Å². The van der Waals surface area contributed by atoms with Gasteiger partial charge in [0.25, 0.3) is 5.91 Å². The number of rotatable bonds is 5. The van der Waals surface area contributed by atoms with Gasteiger partial charge in [-0.2, -0.15) is 0 Å². The molecule has 0 aliphatic heterocycles. The van der Waals surface area contributed by atoms with E-state index in [9.17, 15) is 9.59 Å². The van der Waals surface area contributed by atoms with Crippen LogP contribution in [-0.4, -0.2) is 23.5 Å². The largest absolute Gasteiger partial charge is 0.484 e. The van der Waals surface area contributed by atoms with Crippen LogP contribution in [0.3, 0.4) is 0 Å². The number of ether oxygens (including phenoxy) is 1. The predicted molar refractivity (Wildman–Crippen MR) is 78.9 cm³/mol. The summed E-state index contributed by atoms with van der Waals surface area (Å²) in [6, 6.07) is 8.96. The van der Waals surface area contributed by atoms with Crippen molar-refractivity contribution in [1.82, 2.24) is 16.2 Å². The van der Waals surface area contributed by atoms with Crippen LogP contribution in [0.5, 0.6) is 5.75 Å². The molecule has 1 rings (SSSR count). The second kappa shape index (κ2) is 8.87. The summed E-state index contributed by atoms with van der Waals surface area (Å²) in [5.74, 6) is 0.00204. The zero-order valence-electron chi connectivity index (χ0n) is 11.1. The lowest BCUT2D eigenvalue weighted by Gasteiger charge is -2.11. The minimum Gasteiger partial charge on any atom is -0.484 e. The zero-order valence-corrected chi connectivity index (χ0v) is 12.0. The summed E-state index contributed by atoms with van der Waals surface area (Å²) in [7, 11) is 0. The van der Waals surface area contributed by atoms with Crippen molar-refractivity contribution in [1.29, 1.82) is 0 Å². The molecule has 2 amide bonds. The van der Waals surface area contributed by atoms with Crippen LogP contribution in [0.1, 0.15) is 19.8 Å². The van der Waals surface area contributed by atoms with Crippen molar-refractivity contribution in [2.75, 3.05) is 6.61 Å². The Hall–Kier alpha value is -2.15. The Bertz CT molecular complexity index is 465. The van der Waals surface area contributed by atoms with E-state index in [4.69, 9.17) is 17.0 Å². The first-order valence-electron chi connectivity index (χ1n) is 6.18. The molecular weight excluding hydrogens is 278 g/mol. The molecule has 0 aliphatic carbocycles. The molecule has 7 heteroatoms. The van der Waals surface area contributed by atoms with Crippen molar-refractivity contribution in [2.24, 2.45) is 0 Å². The molecular formula is C13H17N3O3S. The SMILES string of the molecule is CCCC(=O)NC(=S)NNC(=O)COc1ccccc1. The number of para-hydroxylation sites is 1. The first-order valence-corrected chi connectivity index (χ1v) is 6.59. The Morgan fingerprint density at radius 2 is 1.85 bits per heavy atom. The van der Waals surface area contributed by atoms with Gasteiger partial charge in [-0.05, 0) is 30.8 Å². The Morgan fingerprint density at radius 1 is 1.15 bits per heavy atom. The van der Waals surface area contributed by atoms with Crippen LogP contribution in [0, 0.1) is 0 Å². The van der Waals surface area contributed by atoms with Crippen LogP contribution < -0.4 is 20.9 Å². The van der Waals surface area contributed by atoms with E-state index in [0.717, 1.165) is 6.42 Å². The zero-order chi connectivity index (χ0) is 14.8. The van der Waals surface area contributed by atoms with E-state index in [1.165, 1.54) is 0 Å². The maximum Gasteiger partial charge on any atom is 0.276 e. The summed E-state index contributed by atoms with van der Waals surface area (Å²) >= 11 is 4.84. The topological polar surface area (TPSA) is 79.5 Å². The van der Waals surface area contributed by atoms with Gasteiger partial charge in [-0.1, -0.05) is 25.1 Å². The normalized spacial score (nSPS) is 9.45. The number of thiocarbonyl (C=S) groups is 1. The fraction of sp³-hybridized carbons (Fsp3) is 0.308. The second-order valence-electron chi connectivity index (χ2n) is 3.90. The van der Waals surface area contributed by atoms with Gasteiger partial charge < -0.3 is 10.1 Å². The van der Waals surface area contributed by atoms with Gasteiger partial charge in [-0.3, -0.25) is 20.4 Å². The fourth-order valence-electron chi connectivity index (χ4n) is 1.28.